The molecule has 1 aromatic carbocycles. The van der Waals surface area contributed by atoms with Crippen molar-refractivity contribution in [2.45, 2.75) is 18.9 Å². The molecule has 5 nitrogen and oxygen atoms in total. The molecular weight excluding hydrogens is 266 g/mol. The highest BCUT2D eigenvalue weighted by atomic mass is 16.6. The Labute approximate surface area is 143 Å². The summed E-state index contributed by atoms with van der Waals surface area (Å²) in [7, 11) is 0. The zero-order chi connectivity index (χ0) is 26.9. The van der Waals surface area contributed by atoms with Crippen molar-refractivity contribution in [3.63, 3.8) is 0 Å². The molecule has 2 heterocycles. The normalized spacial score (nSPS) is 32.2. The number of H-pyrrole nitrogens is 1. The van der Waals surface area contributed by atoms with Crippen LogP contribution in [-0.4, -0.2) is 49.0 Å². The highest BCUT2D eigenvalue weighted by Gasteiger charge is 2.22. The molecule has 0 radical (unpaired) electrons. The Balaban J connectivity index is 2.16. The van der Waals surface area contributed by atoms with Gasteiger partial charge < -0.3 is 19.9 Å². The van der Waals surface area contributed by atoms with Crippen molar-refractivity contribution < 1.29 is 28.7 Å². The molecule has 1 aromatic heterocycles. The van der Waals surface area contributed by atoms with Gasteiger partial charge in [-0.2, -0.15) is 0 Å². The van der Waals surface area contributed by atoms with Crippen LogP contribution in [0.1, 0.15) is 30.3 Å². The van der Waals surface area contributed by atoms with E-state index in [-0.39, 0.29) is 26.9 Å². The van der Waals surface area contributed by atoms with Gasteiger partial charge in [0.1, 0.15) is 6.56 Å². The Bertz CT molecular complexity index is 1160. The van der Waals surface area contributed by atoms with Crippen LogP contribution < -0.4 is 5.32 Å². The molecule has 1 aliphatic rings. The standard InChI is InChI=1S/C16H21N3O2/c1-19(2)6-5-12-9-17-15-4-3-11(8-14(12)15)7-13-10-21-16(20)18-13/h3-4,8-9,13,17H,5-7,10H2,1-2H3,(H,18,20)/t13-/m0/s1/i1D3,2D3,3D,4D,6D2,8D,9D,10D2. The van der Waals surface area contributed by atoms with Crippen LogP contribution in [0, 0.1) is 0 Å². The van der Waals surface area contributed by atoms with Crippen molar-refractivity contribution in [1.29, 1.82) is 0 Å². The van der Waals surface area contributed by atoms with Crippen LogP contribution in [-0.2, 0) is 17.6 Å². The number of fused-ring (bicyclic) bond motifs is 1. The van der Waals surface area contributed by atoms with Crippen molar-refractivity contribution in [3.8, 4) is 0 Å². The van der Waals surface area contributed by atoms with E-state index in [9.17, 15) is 4.79 Å². The lowest BCUT2D eigenvalue weighted by Gasteiger charge is -2.09. The predicted molar refractivity (Wildman–Crippen MR) is 82.5 cm³/mol. The van der Waals surface area contributed by atoms with Crippen molar-refractivity contribution in [2.24, 2.45) is 0 Å². The highest BCUT2D eigenvalue weighted by molar-refractivity contribution is 5.84. The molecule has 0 unspecified atom stereocenters. The number of nitrogens with zero attached hydrogens (tertiary/aromatic N) is 1. The van der Waals surface area contributed by atoms with E-state index in [1.54, 1.807) is 0 Å². The first kappa shape index (κ1) is 5.02. The molecule has 1 atom stereocenters. The molecule has 2 aromatic rings. The van der Waals surface area contributed by atoms with Gasteiger partial charge in [-0.1, -0.05) is 6.04 Å². The molecule has 2 N–H and O–H groups in total. The fraction of sp³-hybridized carbons (Fsp3) is 0.438. The number of alkyl carbamates (subject to hydrolysis) is 1. The molecular formula is C16H21N3O2. The van der Waals surface area contributed by atoms with Crippen LogP contribution in [0.4, 0.5) is 4.79 Å². The fourth-order valence-electron chi connectivity index (χ4n) is 1.98. The SMILES string of the molecule is [2H]c1[nH]c2c([2H])c([2H])c(C[C@@H]3NC(=O)OC3([2H])[2H])c([2H])c2c1CC([2H])([2H])N(C([2H])([2H])[2H])C([2H])([2H])[2H]. The number of amides is 1. The van der Waals surface area contributed by atoms with Gasteiger partial charge in [0, 0.05) is 34.5 Å². The Morgan fingerprint density at radius 1 is 1.62 bits per heavy atom. The van der Waals surface area contributed by atoms with Gasteiger partial charge in [-0.3, -0.25) is 0 Å². The van der Waals surface area contributed by atoms with Gasteiger partial charge in [0.15, 0.2) is 0 Å². The summed E-state index contributed by atoms with van der Waals surface area (Å²) in [4.78, 5) is 13.7. The Kier molecular flexibility index (Phi) is 1.38. The summed E-state index contributed by atoms with van der Waals surface area (Å²) in [5.41, 5.74) is -0.687. The summed E-state index contributed by atoms with van der Waals surface area (Å²) < 4.78 is 115. The van der Waals surface area contributed by atoms with Crippen LogP contribution in [0.2, 0.25) is 0 Å². The molecule has 1 saturated heterocycles. The van der Waals surface area contributed by atoms with Gasteiger partial charge in [-0.05, 0) is 50.0 Å². The largest absolute Gasteiger partial charge is 0.447 e. The molecule has 0 spiro atoms. The van der Waals surface area contributed by atoms with Crippen molar-refractivity contribution in [3.05, 3.63) is 35.4 Å². The molecule has 5 heteroatoms. The summed E-state index contributed by atoms with van der Waals surface area (Å²) in [6.45, 7) is -12.3. The molecule has 1 fully saturated rings. The van der Waals surface area contributed by atoms with Crippen LogP contribution in [0.15, 0.2) is 24.3 Å². The minimum absolute atomic E-state index is 0.191. The molecule has 1 amide bonds. The van der Waals surface area contributed by atoms with Gasteiger partial charge >= 0.3 is 6.09 Å². The number of hydrogen-bond acceptors (Lipinski definition) is 3. The van der Waals surface area contributed by atoms with Gasteiger partial charge in [0.05, 0.1) is 14.3 Å². The average molecular weight is 301 g/mol. The summed E-state index contributed by atoms with van der Waals surface area (Å²) in [6.07, 6.45) is -2.97. The zero-order valence-corrected chi connectivity index (χ0v) is 10.8. The maximum absolute atomic E-state index is 11.5. The first-order valence-electron chi connectivity index (χ1n) is 13.1. The second-order valence-corrected chi connectivity index (χ2v) is 4.41. The zero-order valence-electron chi connectivity index (χ0n) is 24.8. The molecule has 3 rings (SSSR count). The van der Waals surface area contributed by atoms with Crippen LogP contribution in [0.5, 0.6) is 0 Å². The molecule has 0 aliphatic carbocycles. The monoisotopic (exact) mass is 301 g/mol. The number of hydrogen-bond donors (Lipinski definition) is 2. The lowest BCUT2D eigenvalue weighted by molar-refractivity contribution is 0.177. The quantitative estimate of drug-likeness (QED) is 0.887. The summed E-state index contributed by atoms with van der Waals surface area (Å²) in [5.74, 6) is 0. The number of carbonyl (C=O) groups excluding carboxylic acids is 1. The summed E-state index contributed by atoms with van der Waals surface area (Å²) in [5, 5.41) is 2.01. The van der Waals surface area contributed by atoms with E-state index in [4.69, 9.17) is 19.2 Å². The Hall–Kier alpha value is -2.01. The van der Waals surface area contributed by atoms with Gasteiger partial charge in [0.25, 0.3) is 0 Å². The van der Waals surface area contributed by atoms with Gasteiger partial charge in [-0.25, -0.2) is 4.79 Å². The van der Waals surface area contributed by atoms with Gasteiger partial charge in [-0.15, -0.1) is 0 Å². The fourth-order valence-corrected chi connectivity index (χ4v) is 1.98. The minimum atomic E-state index is -3.38. The van der Waals surface area contributed by atoms with E-state index in [0.717, 1.165) is 0 Å². The van der Waals surface area contributed by atoms with Crippen LogP contribution in [0.25, 0.3) is 10.9 Å². The molecule has 21 heavy (non-hydrogen) atoms. The van der Waals surface area contributed by atoms with E-state index in [1.807, 2.05) is 0 Å². The maximum atomic E-state index is 11.5. The smallest absolute Gasteiger partial charge is 0.407 e. The lowest BCUT2D eigenvalue weighted by atomic mass is 10.0. The first-order valence-corrected chi connectivity index (χ1v) is 6.08. The second kappa shape index (κ2) is 5.77. The van der Waals surface area contributed by atoms with E-state index >= 15 is 0 Å². The summed E-state index contributed by atoms with van der Waals surface area (Å²) in [6, 6.07) is -2.79. The van der Waals surface area contributed by atoms with Crippen LogP contribution in [0.3, 0.4) is 0 Å². The predicted octanol–water partition coefficient (Wildman–Crippen LogP) is 1.92. The number of likely N-dealkylation sites (N-methyl/N-ethyl adjacent to an activating group) is 1. The van der Waals surface area contributed by atoms with Crippen molar-refractivity contribution >= 4 is 17.0 Å². The molecule has 0 saturated carbocycles. The number of nitrogens with one attached hydrogen (secondary N) is 2. The van der Waals surface area contributed by atoms with E-state index in [1.165, 1.54) is 0 Å². The number of cyclic esters (lactones) is 1. The number of benzene rings is 1. The Morgan fingerprint density at radius 3 is 3.29 bits per heavy atom. The van der Waals surface area contributed by atoms with Crippen LogP contribution >= 0.6 is 0 Å². The average Bonchev–Trinajstić information content (AvgIpc) is 3.08. The maximum Gasteiger partial charge on any atom is 0.407 e. The van der Waals surface area contributed by atoms with Crippen molar-refractivity contribution in [2.75, 3.05) is 27.0 Å². The summed E-state index contributed by atoms with van der Waals surface area (Å²) >= 11 is 0. The number of aromatic nitrogens is 1. The first-order chi connectivity index (χ1) is 15.7. The Morgan fingerprint density at radius 2 is 2.52 bits per heavy atom. The number of ether oxygens (including phenoxy) is 1. The third-order valence-electron chi connectivity index (χ3n) is 2.91. The number of rotatable bonds is 5. The second-order valence-electron chi connectivity index (χ2n) is 4.41. The number of carbonyl (C=O) groups is 1. The number of aromatic amines is 1. The van der Waals surface area contributed by atoms with E-state index < -0.39 is 76.3 Å². The molecule has 1 aliphatic heterocycles. The molecule has 112 valence electrons. The topological polar surface area (TPSA) is 57.4 Å². The number of aryl methyl sites for hydroxylation is 1. The molecule has 0 bridgehead atoms. The van der Waals surface area contributed by atoms with E-state index in [0.29, 0.717) is 0 Å². The minimum Gasteiger partial charge on any atom is -0.447 e. The third-order valence-corrected chi connectivity index (χ3v) is 2.91. The highest BCUT2D eigenvalue weighted by Crippen LogP contribution is 2.21. The third kappa shape index (κ3) is 3.19. The van der Waals surface area contributed by atoms with E-state index in [2.05, 4.69) is 15.0 Å². The lowest BCUT2D eigenvalue weighted by Crippen LogP contribution is -2.28. The van der Waals surface area contributed by atoms with Gasteiger partial charge in [0.2, 0.25) is 0 Å². The van der Waals surface area contributed by atoms with Crippen molar-refractivity contribution in [1.82, 2.24) is 15.2 Å².